The van der Waals surface area contributed by atoms with Gasteiger partial charge in [0.15, 0.2) is 0 Å². The number of aliphatic hydroxyl groups is 1. The maximum absolute atomic E-state index is 9.71. The Hall–Kier alpha value is -0.820. The van der Waals surface area contributed by atoms with E-state index < -0.39 is 5.60 Å². The van der Waals surface area contributed by atoms with Gasteiger partial charge in [-0.3, -0.25) is 0 Å². The number of hydrogen-bond acceptors (Lipinski definition) is 1. The van der Waals surface area contributed by atoms with Gasteiger partial charge in [-0.2, -0.15) is 0 Å². The standard InChI is InChI=1S/C15H26O/c1-5-6-7-8-9-10-11-12-13-14(2)15(3,4)16/h5,8-9,12-14,16H,1,6-7,10-11H2,2-4H3/b9-8+,13-12+. The molecule has 0 radical (unpaired) electrons. The minimum atomic E-state index is -0.615. The molecule has 92 valence electrons. The zero-order chi connectivity index (χ0) is 12.4. The molecule has 1 heteroatoms. The van der Waals surface area contributed by atoms with Gasteiger partial charge in [-0.15, -0.1) is 6.58 Å². The first-order valence-electron chi connectivity index (χ1n) is 6.13. The number of allylic oxidation sites excluding steroid dienone is 4. The molecule has 0 aliphatic rings. The molecule has 0 saturated carbocycles. The van der Waals surface area contributed by atoms with Gasteiger partial charge in [-0.05, 0) is 39.5 Å². The topological polar surface area (TPSA) is 20.2 Å². The zero-order valence-electron chi connectivity index (χ0n) is 10.9. The Morgan fingerprint density at radius 3 is 2.06 bits per heavy atom. The second-order valence-electron chi connectivity index (χ2n) is 4.79. The van der Waals surface area contributed by atoms with E-state index in [-0.39, 0.29) is 5.92 Å². The van der Waals surface area contributed by atoms with Gasteiger partial charge in [-0.25, -0.2) is 0 Å². The molecule has 0 spiro atoms. The molecule has 0 aliphatic carbocycles. The Kier molecular flexibility index (Phi) is 7.92. The molecule has 16 heavy (non-hydrogen) atoms. The highest BCUT2D eigenvalue weighted by Crippen LogP contribution is 2.17. The summed E-state index contributed by atoms with van der Waals surface area (Å²) in [4.78, 5) is 0. The predicted octanol–water partition coefficient (Wildman–Crippen LogP) is 4.25. The second-order valence-corrected chi connectivity index (χ2v) is 4.79. The van der Waals surface area contributed by atoms with Crippen LogP contribution in [-0.4, -0.2) is 10.7 Å². The van der Waals surface area contributed by atoms with Crippen molar-refractivity contribution in [3.63, 3.8) is 0 Å². The van der Waals surface area contributed by atoms with Crippen molar-refractivity contribution in [2.75, 3.05) is 0 Å². The lowest BCUT2D eigenvalue weighted by Gasteiger charge is -2.22. The lowest BCUT2D eigenvalue weighted by Crippen LogP contribution is -2.26. The van der Waals surface area contributed by atoms with Crippen molar-refractivity contribution in [2.45, 2.75) is 52.1 Å². The van der Waals surface area contributed by atoms with Crippen LogP contribution in [0.2, 0.25) is 0 Å². The van der Waals surface area contributed by atoms with Crippen molar-refractivity contribution >= 4 is 0 Å². The summed E-state index contributed by atoms with van der Waals surface area (Å²) in [6.45, 7) is 9.41. The van der Waals surface area contributed by atoms with E-state index in [0.717, 1.165) is 25.7 Å². The average molecular weight is 222 g/mol. The minimum absolute atomic E-state index is 0.206. The highest BCUT2D eigenvalue weighted by molar-refractivity contribution is 4.95. The zero-order valence-corrected chi connectivity index (χ0v) is 10.9. The summed E-state index contributed by atoms with van der Waals surface area (Å²) in [5.74, 6) is 0.206. The summed E-state index contributed by atoms with van der Waals surface area (Å²) >= 11 is 0. The lowest BCUT2D eigenvalue weighted by atomic mass is 9.92. The molecule has 0 rings (SSSR count). The first-order chi connectivity index (χ1) is 7.48. The number of hydrogen-bond donors (Lipinski definition) is 1. The fourth-order valence-electron chi connectivity index (χ4n) is 1.18. The second kappa shape index (κ2) is 8.35. The molecule has 1 unspecified atom stereocenters. The molecule has 0 fully saturated rings. The SMILES string of the molecule is C=CCC/C=C/CC/C=C/C(C)C(C)(C)O. The van der Waals surface area contributed by atoms with Crippen LogP contribution in [0.4, 0.5) is 0 Å². The van der Waals surface area contributed by atoms with Crippen molar-refractivity contribution in [1.29, 1.82) is 0 Å². The summed E-state index contributed by atoms with van der Waals surface area (Å²) in [7, 11) is 0. The van der Waals surface area contributed by atoms with E-state index in [1.807, 2.05) is 26.8 Å². The molecule has 0 aliphatic heterocycles. The highest BCUT2D eigenvalue weighted by atomic mass is 16.3. The molecule has 0 aromatic heterocycles. The van der Waals surface area contributed by atoms with Gasteiger partial charge in [0.25, 0.3) is 0 Å². The Morgan fingerprint density at radius 2 is 1.56 bits per heavy atom. The Balaban J connectivity index is 3.62. The predicted molar refractivity (Wildman–Crippen MR) is 72.4 cm³/mol. The van der Waals surface area contributed by atoms with E-state index in [2.05, 4.69) is 30.9 Å². The van der Waals surface area contributed by atoms with E-state index in [4.69, 9.17) is 0 Å². The van der Waals surface area contributed by atoms with Gasteiger partial charge < -0.3 is 5.11 Å². The summed E-state index contributed by atoms with van der Waals surface area (Å²) in [5.41, 5.74) is -0.615. The first-order valence-corrected chi connectivity index (χ1v) is 6.13. The molecule has 1 nitrogen and oxygen atoms in total. The average Bonchev–Trinajstić information content (AvgIpc) is 2.20. The normalized spacial score (nSPS) is 14.8. The number of rotatable bonds is 8. The van der Waals surface area contributed by atoms with Crippen LogP contribution >= 0.6 is 0 Å². The van der Waals surface area contributed by atoms with Gasteiger partial charge in [0, 0.05) is 5.92 Å². The van der Waals surface area contributed by atoms with Crippen molar-refractivity contribution in [3.05, 3.63) is 37.0 Å². The third-order valence-electron chi connectivity index (χ3n) is 2.74. The van der Waals surface area contributed by atoms with Crippen LogP contribution in [0.25, 0.3) is 0 Å². The van der Waals surface area contributed by atoms with Crippen molar-refractivity contribution in [2.24, 2.45) is 5.92 Å². The van der Waals surface area contributed by atoms with Gasteiger partial charge >= 0.3 is 0 Å². The van der Waals surface area contributed by atoms with Gasteiger partial charge in [0.05, 0.1) is 5.60 Å². The minimum Gasteiger partial charge on any atom is -0.390 e. The van der Waals surface area contributed by atoms with Crippen molar-refractivity contribution in [1.82, 2.24) is 0 Å². The number of unbranched alkanes of at least 4 members (excludes halogenated alkanes) is 2. The van der Waals surface area contributed by atoms with Gasteiger partial charge in [-0.1, -0.05) is 37.3 Å². The Labute approximate surface area is 101 Å². The smallest absolute Gasteiger partial charge is 0.0651 e. The van der Waals surface area contributed by atoms with Crippen LogP contribution in [0.5, 0.6) is 0 Å². The van der Waals surface area contributed by atoms with Crippen LogP contribution in [0, 0.1) is 5.92 Å². The Bertz CT molecular complexity index is 230. The molecule has 0 aromatic rings. The highest BCUT2D eigenvalue weighted by Gasteiger charge is 2.18. The third kappa shape index (κ3) is 8.49. The molecule has 0 bridgehead atoms. The van der Waals surface area contributed by atoms with Gasteiger partial charge in [0.2, 0.25) is 0 Å². The van der Waals surface area contributed by atoms with Crippen LogP contribution in [-0.2, 0) is 0 Å². The van der Waals surface area contributed by atoms with Crippen molar-refractivity contribution < 1.29 is 5.11 Å². The maximum Gasteiger partial charge on any atom is 0.0651 e. The van der Waals surface area contributed by atoms with E-state index >= 15 is 0 Å². The van der Waals surface area contributed by atoms with Crippen LogP contribution in [0.3, 0.4) is 0 Å². The van der Waals surface area contributed by atoms with E-state index in [1.54, 1.807) is 0 Å². The lowest BCUT2D eigenvalue weighted by molar-refractivity contribution is 0.0440. The van der Waals surface area contributed by atoms with Gasteiger partial charge in [0.1, 0.15) is 0 Å². The fraction of sp³-hybridized carbons (Fsp3) is 0.600. The molecule has 0 aromatic carbocycles. The summed E-state index contributed by atoms with van der Waals surface area (Å²) in [6, 6.07) is 0. The fourth-order valence-corrected chi connectivity index (χ4v) is 1.18. The summed E-state index contributed by atoms with van der Waals surface area (Å²) in [6.07, 6.45) is 14.9. The Morgan fingerprint density at radius 1 is 1.06 bits per heavy atom. The third-order valence-corrected chi connectivity index (χ3v) is 2.74. The summed E-state index contributed by atoms with van der Waals surface area (Å²) in [5, 5.41) is 9.71. The molecule has 1 N–H and O–H groups in total. The molecular formula is C15H26O. The molecule has 0 heterocycles. The van der Waals surface area contributed by atoms with Crippen molar-refractivity contribution in [3.8, 4) is 0 Å². The van der Waals surface area contributed by atoms with E-state index in [9.17, 15) is 5.11 Å². The molecule has 0 amide bonds. The van der Waals surface area contributed by atoms with Crippen LogP contribution in [0.1, 0.15) is 46.5 Å². The quantitative estimate of drug-likeness (QED) is 0.481. The van der Waals surface area contributed by atoms with Crippen LogP contribution < -0.4 is 0 Å². The molecule has 1 atom stereocenters. The first kappa shape index (κ1) is 15.2. The summed E-state index contributed by atoms with van der Waals surface area (Å²) < 4.78 is 0. The molecule has 0 saturated heterocycles. The van der Waals surface area contributed by atoms with E-state index in [0.29, 0.717) is 0 Å². The monoisotopic (exact) mass is 222 g/mol. The largest absolute Gasteiger partial charge is 0.390 e. The molecular weight excluding hydrogens is 196 g/mol. The maximum atomic E-state index is 9.71. The van der Waals surface area contributed by atoms with E-state index in [1.165, 1.54) is 0 Å². The van der Waals surface area contributed by atoms with Crippen LogP contribution in [0.15, 0.2) is 37.0 Å².